The van der Waals surface area contributed by atoms with Gasteiger partial charge in [0.05, 0.1) is 18.4 Å². The number of fused-ring (bicyclic) bond motifs is 2. The smallest absolute Gasteiger partial charge is 0.0958 e. The average molecular weight is 297 g/mol. The molecule has 2 aliphatic heterocycles. The summed E-state index contributed by atoms with van der Waals surface area (Å²) < 4.78 is 8.17. The molecule has 1 saturated heterocycles. The maximum absolute atomic E-state index is 6.29. The lowest BCUT2D eigenvalue weighted by molar-refractivity contribution is -0.0989. The molecule has 4 rings (SSSR count). The van der Waals surface area contributed by atoms with Gasteiger partial charge in [-0.15, -0.1) is 0 Å². The molecule has 1 spiro atoms. The molecular weight excluding hydrogens is 274 g/mol. The summed E-state index contributed by atoms with van der Waals surface area (Å²) in [6, 6.07) is 8.83. The summed E-state index contributed by atoms with van der Waals surface area (Å²) in [5.74, 6) is 0. The monoisotopic (exact) mass is 297 g/mol. The Hall–Kier alpha value is -1.65. The fraction of sp³-hybridized carbons (Fsp3) is 0.500. The van der Waals surface area contributed by atoms with Crippen LogP contribution in [0.5, 0.6) is 0 Å². The highest BCUT2D eigenvalue weighted by Crippen LogP contribution is 2.41. The summed E-state index contributed by atoms with van der Waals surface area (Å²) in [4.78, 5) is 2.52. The van der Waals surface area contributed by atoms with E-state index in [9.17, 15) is 0 Å². The first-order valence-electron chi connectivity index (χ1n) is 8.17. The molecule has 22 heavy (non-hydrogen) atoms. The van der Waals surface area contributed by atoms with E-state index in [2.05, 4.69) is 40.5 Å². The van der Waals surface area contributed by atoms with Crippen molar-refractivity contribution in [1.29, 1.82) is 0 Å². The predicted octanol–water partition coefficient (Wildman–Crippen LogP) is 2.48. The molecule has 116 valence electrons. The van der Waals surface area contributed by atoms with Gasteiger partial charge in [0, 0.05) is 38.4 Å². The molecule has 0 N–H and O–H groups in total. The molecule has 1 aromatic carbocycles. The third kappa shape index (κ3) is 2.46. The molecular formula is C18H23N3O. The van der Waals surface area contributed by atoms with E-state index in [1.807, 2.05) is 17.9 Å². The Morgan fingerprint density at radius 2 is 2.05 bits per heavy atom. The lowest BCUT2D eigenvalue weighted by Crippen LogP contribution is -2.46. The number of likely N-dealkylation sites (tertiary alicyclic amines) is 1. The van der Waals surface area contributed by atoms with Gasteiger partial charge in [0.25, 0.3) is 0 Å². The van der Waals surface area contributed by atoms with Gasteiger partial charge in [0.2, 0.25) is 0 Å². The van der Waals surface area contributed by atoms with Gasteiger partial charge in [-0.3, -0.25) is 9.58 Å². The van der Waals surface area contributed by atoms with Crippen LogP contribution < -0.4 is 0 Å². The Bertz CT molecular complexity index is 656. The molecule has 1 fully saturated rings. The van der Waals surface area contributed by atoms with Crippen molar-refractivity contribution in [3.63, 3.8) is 0 Å². The van der Waals surface area contributed by atoms with Crippen LogP contribution in [0.25, 0.3) is 0 Å². The van der Waals surface area contributed by atoms with Crippen LogP contribution in [0, 0.1) is 0 Å². The lowest BCUT2D eigenvalue weighted by atomic mass is 9.79. The van der Waals surface area contributed by atoms with Crippen molar-refractivity contribution < 1.29 is 4.74 Å². The van der Waals surface area contributed by atoms with Gasteiger partial charge >= 0.3 is 0 Å². The molecule has 0 radical (unpaired) electrons. The zero-order valence-corrected chi connectivity index (χ0v) is 13.2. The Morgan fingerprint density at radius 1 is 1.23 bits per heavy atom. The standard InChI is InChI=1S/C18H23N3O/c1-20-13-15(12-19-20)14-21-9-7-18(8-10-21)17-5-3-2-4-16(17)6-11-22-18/h2-5,12-13H,6-11,14H2,1H3. The van der Waals surface area contributed by atoms with Crippen molar-refractivity contribution in [1.82, 2.24) is 14.7 Å². The van der Waals surface area contributed by atoms with Crippen molar-refractivity contribution in [3.8, 4) is 0 Å². The van der Waals surface area contributed by atoms with E-state index < -0.39 is 0 Å². The number of ether oxygens (including phenoxy) is 1. The van der Waals surface area contributed by atoms with Gasteiger partial charge < -0.3 is 4.74 Å². The van der Waals surface area contributed by atoms with Gasteiger partial charge in [-0.25, -0.2) is 0 Å². The largest absolute Gasteiger partial charge is 0.370 e. The molecule has 2 aliphatic rings. The predicted molar refractivity (Wildman–Crippen MR) is 85.5 cm³/mol. The minimum Gasteiger partial charge on any atom is -0.370 e. The van der Waals surface area contributed by atoms with E-state index in [-0.39, 0.29) is 5.60 Å². The topological polar surface area (TPSA) is 30.3 Å². The van der Waals surface area contributed by atoms with Crippen LogP contribution in [-0.4, -0.2) is 34.4 Å². The number of aromatic nitrogens is 2. The van der Waals surface area contributed by atoms with Crippen LogP contribution in [0.4, 0.5) is 0 Å². The molecule has 0 saturated carbocycles. The Labute approximate surface area is 131 Å². The lowest BCUT2D eigenvalue weighted by Gasteiger charge is -2.45. The second-order valence-electron chi connectivity index (χ2n) is 6.55. The summed E-state index contributed by atoms with van der Waals surface area (Å²) in [6.45, 7) is 4.03. The number of piperidine rings is 1. The maximum atomic E-state index is 6.29. The van der Waals surface area contributed by atoms with Crippen LogP contribution >= 0.6 is 0 Å². The molecule has 0 unspecified atom stereocenters. The van der Waals surface area contributed by atoms with Crippen LogP contribution in [-0.2, 0) is 30.4 Å². The van der Waals surface area contributed by atoms with Gasteiger partial charge in [-0.05, 0) is 30.4 Å². The van der Waals surface area contributed by atoms with E-state index in [4.69, 9.17) is 4.74 Å². The Kier molecular flexibility index (Phi) is 3.51. The first kappa shape index (κ1) is 14.0. The maximum Gasteiger partial charge on any atom is 0.0958 e. The molecule has 3 heterocycles. The Balaban J connectivity index is 1.48. The van der Waals surface area contributed by atoms with Gasteiger partial charge in [0.1, 0.15) is 0 Å². The van der Waals surface area contributed by atoms with E-state index in [0.29, 0.717) is 0 Å². The molecule has 0 atom stereocenters. The highest BCUT2D eigenvalue weighted by molar-refractivity contribution is 5.35. The average Bonchev–Trinajstić information content (AvgIpc) is 2.95. The normalized spacial score (nSPS) is 21.0. The summed E-state index contributed by atoms with van der Waals surface area (Å²) in [5, 5.41) is 4.26. The number of rotatable bonds is 2. The summed E-state index contributed by atoms with van der Waals surface area (Å²) in [7, 11) is 1.97. The van der Waals surface area contributed by atoms with Crippen molar-refractivity contribution >= 4 is 0 Å². The van der Waals surface area contributed by atoms with Gasteiger partial charge in [0.15, 0.2) is 0 Å². The number of hydrogen-bond donors (Lipinski definition) is 0. The highest BCUT2D eigenvalue weighted by atomic mass is 16.5. The second kappa shape index (κ2) is 5.52. The molecule has 0 bridgehead atoms. The molecule has 1 aromatic heterocycles. The summed E-state index contributed by atoms with van der Waals surface area (Å²) in [6.07, 6.45) is 7.31. The molecule has 0 amide bonds. The van der Waals surface area contributed by atoms with Crippen LogP contribution in [0.1, 0.15) is 29.5 Å². The minimum absolute atomic E-state index is 0.0414. The molecule has 4 nitrogen and oxygen atoms in total. The van der Waals surface area contributed by atoms with E-state index >= 15 is 0 Å². The zero-order valence-electron chi connectivity index (χ0n) is 13.2. The van der Waals surface area contributed by atoms with Crippen LogP contribution in [0.15, 0.2) is 36.7 Å². The van der Waals surface area contributed by atoms with E-state index in [1.54, 1.807) is 0 Å². The SMILES string of the molecule is Cn1cc(CN2CCC3(CC2)OCCc2ccccc23)cn1. The molecule has 2 aromatic rings. The van der Waals surface area contributed by atoms with Crippen LogP contribution in [0.2, 0.25) is 0 Å². The third-order valence-electron chi connectivity index (χ3n) is 5.09. The van der Waals surface area contributed by atoms with Gasteiger partial charge in [-0.2, -0.15) is 5.10 Å². The fourth-order valence-corrected chi connectivity index (χ4v) is 3.91. The highest BCUT2D eigenvalue weighted by Gasteiger charge is 2.40. The first-order valence-corrected chi connectivity index (χ1v) is 8.17. The van der Waals surface area contributed by atoms with Crippen molar-refractivity contribution in [2.24, 2.45) is 7.05 Å². The van der Waals surface area contributed by atoms with Crippen molar-refractivity contribution in [2.75, 3.05) is 19.7 Å². The molecule has 4 heteroatoms. The van der Waals surface area contributed by atoms with Crippen molar-refractivity contribution in [3.05, 3.63) is 53.3 Å². The minimum atomic E-state index is -0.0414. The van der Waals surface area contributed by atoms with E-state index in [0.717, 1.165) is 45.5 Å². The first-order chi connectivity index (χ1) is 10.8. The third-order valence-corrected chi connectivity index (χ3v) is 5.09. The number of aryl methyl sites for hydroxylation is 1. The molecule has 0 aliphatic carbocycles. The number of nitrogens with zero attached hydrogens (tertiary/aromatic N) is 3. The second-order valence-corrected chi connectivity index (χ2v) is 6.55. The van der Waals surface area contributed by atoms with E-state index in [1.165, 1.54) is 16.7 Å². The van der Waals surface area contributed by atoms with Crippen LogP contribution in [0.3, 0.4) is 0 Å². The van der Waals surface area contributed by atoms with Crippen molar-refractivity contribution in [2.45, 2.75) is 31.4 Å². The Morgan fingerprint density at radius 3 is 2.82 bits per heavy atom. The quantitative estimate of drug-likeness (QED) is 0.853. The number of benzene rings is 1. The fourth-order valence-electron chi connectivity index (χ4n) is 3.91. The zero-order chi connectivity index (χ0) is 15.0. The van der Waals surface area contributed by atoms with Gasteiger partial charge in [-0.1, -0.05) is 24.3 Å². The summed E-state index contributed by atoms with van der Waals surface area (Å²) >= 11 is 0. The summed E-state index contributed by atoms with van der Waals surface area (Å²) in [5.41, 5.74) is 4.17. The number of hydrogen-bond acceptors (Lipinski definition) is 3.